The van der Waals surface area contributed by atoms with E-state index < -0.39 is 6.04 Å². The van der Waals surface area contributed by atoms with Gasteiger partial charge in [-0.2, -0.15) is 0 Å². The molecule has 1 amide bonds. The van der Waals surface area contributed by atoms with E-state index in [2.05, 4.69) is 0 Å². The molecule has 4 rings (SSSR count). The fourth-order valence-corrected chi connectivity index (χ4v) is 3.60. The zero-order valence-corrected chi connectivity index (χ0v) is 15.5. The third-order valence-corrected chi connectivity index (χ3v) is 4.93. The first-order chi connectivity index (χ1) is 13.6. The molecule has 0 fully saturated rings. The molecule has 3 aromatic rings. The largest absolute Gasteiger partial charge is 0.504 e. The second-order valence-corrected chi connectivity index (χ2v) is 6.50. The molecule has 0 aliphatic carbocycles. The number of benzene rings is 2. The van der Waals surface area contributed by atoms with E-state index in [0.717, 1.165) is 0 Å². The summed E-state index contributed by atoms with van der Waals surface area (Å²) in [4.78, 5) is 27.8. The van der Waals surface area contributed by atoms with Crippen LogP contribution in [-0.2, 0) is 4.74 Å². The van der Waals surface area contributed by atoms with Crippen LogP contribution in [-0.4, -0.2) is 43.3 Å². The van der Waals surface area contributed by atoms with E-state index in [1.807, 2.05) is 0 Å². The maximum atomic E-state index is 13.2. The van der Waals surface area contributed by atoms with Gasteiger partial charge in [-0.25, -0.2) is 0 Å². The van der Waals surface area contributed by atoms with Crippen LogP contribution >= 0.6 is 0 Å². The number of carbonyl (C=O) groups is 1. The molecule has 7 nitrogen and oxygen atoms in total. The minimum atomic E-state index is -0.659. The van der Waals surface area contributed by atoms with Crippen LogP contribution in [0.5, 0.6) is 11.5 Å². The van der Waals surface area contributed by atoms with E-state index in [1.165, 1.54) is 13.2 Å². The Morgan fingerprint density at radius 1 is 1.14 bits per heavy atom. The van der Waals surface area contributed by atoms with E-state index in [1.54, 1.807) is 48.4 Å². The highest BCUT2D eigenvalue weighted by atomic mass is 16.5. The van der Waals surface area contributed by atoms with Gasteiger partial charge in [0.25, 0.3) is 5.91 Å². The molecule has 2 aromatic carbocycles. The second-order valence-electron chi connectivity index (χ2n) is 6.50. The molecular formula is C21H19NO6. The lowest BCUT2D eigenvalue weighted by Gasteiger charge is -2.25. The predicted octanol–water partition coefficient (Wildman–Crippen LogP) is 2.70. The summed E-state index contributed by atoms with van der Waals surface area (Å²) in [5.74, 6) is -0.0937. The van der Waals surface area contributed by atoms with Crippen LogP contribution < -0.4 is 10.2 Å². The zero-order chi connectivity index (χ0) is 19.8. The number of phenols is 1. The summed E-state index contributed by atoms with van der Waals surface area (Å²) in [6.07, 6.45) is 0. The molecule has 7 heteroatoms. The van der Waals surface area contributed by atoms with Gasteiger partial charge in [-0.05, 0) is 29.8 Å². The van der Waals surface area contributed by atoms with Crippen molar-refractivity contribution in [3.8, 4) is 11.5 Å². The Morgan fingerprint density at radius 3 is 2.68 bits per heavy atom. The number of phenolic OH excluding ortho intramolecular Hbond substituents is 1. The monoisotopic (exact) mass is 381 g/mol. The van der Waals surface area contributed by atoms with Crippen LogP contribution in [0.1, 0.15) is 27.7 Å². The Kier molecular flexibility index (Phi) is 4.52. The molecule has 0 saturated carbocycles. The van der Waals surface area contributed by atoms with E-state index in [4.69, 9.17) is 13.9 Å². The van der Waals surface area contributed by atoms with Crippen LogP contribution in [0.2, 0.25) is 0 Å². The van der Waals surface area contributed by atoms with Gasteiger partial charge in [0, 0.05) is 13.7 Å². The first-order valence-electron chi connectivity index (χ1n) is 8.79. The van der Waals surface area contributed by atoms with Crippen molar-refractivity contribution < 1.29 is 23.8 Å². The molecule has 1 aromatic heterocycles. The Balaban J connectivity index is 1.96. The van der Waals surface area contributed by atoms with Gasteiger partial charge >= 0.3 is 0 Å². The SMILES string of the molecule is COCCN1C(=O)c2oc3ccccc3c(=O)c2[C@@H]1c1ccc(O)c(OC)c1. The molecule has 2 heterocycles. The van der Waals surface area contributed by atoms with Gasteiger partial charge in [-0.15, -0.1) is 0 Å². The number of amides is 1. The van der Waals surface area contributed by atoms with Gasteiger partial charge in [0.15, 0.2) is 16.9 Å². The van der Waals surface area contributed by atoms with Crippen molar-refractivity contribution in [2.75, 3.05) is 27.4 Å². The summed E-state index contributed by atoms with van der Waals surface area (Å²) >= 11 is 0. The van der Waals surface area contributed by atoms with Crippen LogP contribution in [0.4, 0.5) is 0 Å². The van der Waals surface area contributed by atoms with Gasteiger partial charge in [-0.3, -0.25) is 9.59 Å². The maximum Gasteiger partial charge on any atom is 0.290 e. The average Bonchev–Trinajstić information content (AvgIpc) is 2.99. The highest BCUT2D eigenvalue weighted by Gasteiger charge is 2.42. The molecule has 0 unspecified atom stereocenters. The maximum absolute atomic E-state index is 13.2. The standard InChI is InChI=1S/C21H19NO6/c1-26-10-9-22-18(12-7-8-14(23)16(11-12)27-2)17-19(24)13-5-3-4-6-15(13)28-20(17)21(22)25/h3-8,11,18,23H,9-10H2,1-2H3/t18-/m0/s1. The van der Waals surface area contributed by atoms with E-state index >= 15 is 0 Å². The Bertz CT molecular complexity index is 1120. The van der Waals surface area contributed by atoms with Crippen LogP contribution in [0.3, 0.4) is 0 Å². The number of methoxy groups -OCH3 is 2. The molecule has 28 heavy (non-hydrogen) atoms. The van der Waals surface area contributed by atoms with Gasteiger partial charge in [0.1, 0.15) is 5.58 Å². The highest BCUT2D eigenvalue weighted by Crippen LogP contribution is 2.40. The normalized spacial score (nSPS) is 15.9. The summed E-state index contributed by atoms with van der Waals surface area (Å²) in [6, 6.07) is 11.0. The van der Waals surface area contributed by atoms with Crippen LogP contribution in [0.15, 0.2) is 51.7 Å². The van der Waals surface area contributed by atoms with Crippen molar-refractivity contribution in [2.24, 2.45) is 0 Å². The van der Waals surface area contributed by atoms with E-state index in [9.17, 15) is 14.7 Å². The predicted molar refractivity (Wildman–Crippen MR) is 102 cm³/mol. The zero-order valence-electron chi connectivity index (χ0n) is 15.5. The summed E-state index contributed by atoms with van der Waals surface area (Å²) in [7, 11) is 2.99. The van der Waals surface area contributed by atoms with E-state index in [-0.39, 0.29) is 40.7 Å². The van der Waals surface area contributed by atoms with Gasteiger partial charge in [0.2, 0.25) is 5.76 Å². The number of nitrogens with zero attached hydrogens (tertiary/aromatic N) is 1. The number of hydrogen-bond acceptors (Lipinski definition) is 6. The topological polar surface area (TPSA) is 89.2 Å². The van der Waals surface area contributed by atoms with Gasteiger partial charge in [-0.1, -0.05) is 18.2 Å². The Morgan fingerprint density at radius 2 is 1.93 bits per heavy atom. The lowest BCUT2D eigenvalue weighted by Crippen LogP contribution is -2.32. The van der Waals surface area contributed by atoms with Crippen molar-refractivity contribution >= 4 is 16.9 Å². The van der Waals surface area contributed by atoms with Crippen LogP contribution in [0.25, 0.3) is 11.0 Å². The fourth-order valence-electron chi connectivity index (χ4n) is 3.60. The molecule has 1 atom stereocenters. The van der Waals surface area contributed by atoms with Crippen molar-refractivity contribution in [1.29, 1.82) is 0 Å². The quantitative estimate of drug-likeness (QED) is 0.731. The third kappa shape index (κ3) is 2.71. The third-order valence-electron chi connectivity index (χ3n) is 4.93. The number of fused-ring (bicyclic) bond motifs is 2. The van der Waals surface area contributed by atoms with Crippen molar-refractivity contribution in [3.63, 3.8) is 0 Å². The molecule has 0 radical (unpaired) electrons. The second kappa shape index (κ2) is 7.01. The molecular weight excluding hydrogens is 362 g/mol. The lowest BCUT2D eigenvalue weighted by molar-refractivity contribution is 0.0663. The number of hydrogen-bond donors (Lipinski definition) is 1. The molecule has 1 aliphatic heterocycles. The first kappa shape index (κ1) is 18.1. The number of rotatable bonds is 5. The first-order valence-corrected chi connectivity index (χ1v) is 8.79. The minimum absolute atomic E-state index is 0.0233. The molecule has 144 valence electrons. The van der Waals surface area contributed by atoms with Crippen molar-refractivity contribution in [1.82, 2.24) is 4.90 Å². The van der Waals surface area contributed by atoms with Crippen molar-refractivity contribution in [3.05, 3.63) is 69.6 Å². The molecule has 0 saturated heterocycles. The number of ether oxygens (including phenoxy) is 2. The number of para-hydroxylation sites is 1. The minimum Gasteiger partial charge on any atom is -0.504 e. The lowest BCUT2D eigenvalue weighted by atomic mass is 9.98. The number of aromatic hydroxyl groups is 1. The molecule has 1 N–H and O–H groups in total. The molecule has 1 aliphatic rings. The Labute approximate surface area is 160 Å². The highest BCUT2D eigenvalue weighted by molar-refractivity contribution is 5.99. The Hall–Kier alpha value is -3.32. The average molecular weight is 381 g/mol. The molecule has 0 bridgehead atoms. The van der Waals surface area contributed by atoms with Gasteiger partial charge in [0.05, 0.1) is 30.7 Å². The van der Waals surface area contributed by atoms with Gasteiger partial charge < -0.3 is 23.9 Å². The van der Waals surface area contributed by atoms with Crippen molar-refractivity contribution in [2.45, 2.75) is 6.04 Å². The smallest absolute Gasteiger partial charge is 0.290 e. The number of carbonyl (C=O) groups excluding carboxylic acids is 1. The van der Waals surface area contributed by atoms with Crippen LogP contribution in [0, 0.1) is 0 Å². The summed E-state index contributed by atoms with van der Waals surface area (Å²) in [5, 5.41) is 10.3. The molecule has 0 spiro atoms. The fraction of sp³-hybridized carbons (Fsp3) is 0.238. The summed E-state index contributed by atoms with van der Waals surface area (Å²) in [5.41, 5.74) is 1.05. The summed E-state index contributed by atoms with van der Waals surface area (Å²) < 4.78 is 16.2. The van der Waals surface area contributed by atoms with E-state index in [0.29, 0.717) is 23.1 Å². The summed E-state index contributed by atoms with van der Waals surface area (Å²) in [6.45, 7) is 0.586.